The molecule has 0 aliphatic carbocycles. The second-order valence-electron chi connectivity index (χ2n) is 4.17. The van der Waals surface area contributed by atoms with Crippen LogP contribution in [0.15, 0.2) is 18.5 Å². The average molecular weight is 311 g/mol. The van der Waals surface area contributed by atoms with Crippen LogP contribution in [0.4, 0.5) is 5.69 Å². The highest BCUT2D eigenvalue weighted by Crippen LogP contribution is 2.35. The first-order valence-corrected chi connectivity index (χ1v) is 6.94. The van der Waals surface area contributed by atoms with Crippen LogP contribution in [0.3, 0.4) is 0 Å². The molecular weight excluding hydrogens is 298 g/mol. The average Bonchev–Trinajstić information content (AvgIpc) is 3.05. The second kappa shape index (κ2) is 6.02. The van der Waals surface area contributed by atoms with E-state index >= 15 is 0 Å². The smallest absolute Gasteiger partial charge is 0.341 e. The van der Waals surface area contributed by atoms with E-state index in [1.165, 1.54) is 30.1 Å². The molecule has 2 aromatic heterocycles. The Hall–Kier alpha value is -2.26. The molecule has 9 heteroatoms. The van der Waals surface area contributed by atoms with Crippen LogP contribution >= 0.6 is 11.3 Å². The van der Waals surface area contributed by atoms with Gasteiger partial charge < -0.3 is 9.84 Å². The molecule has 112 valence electrons. The van der Waals surface area contributed by atoms with E-state index in [1.54, 1.807) is 6.92 Å². The van der Waals surface area contributed by atoms with Crippen molar-refractivity contribution in [1.82, 2.24) is 9.78 Å². The van der Waals surface area contributed by atoms with Gasteiger partial charge in [-0.1, -0.05) is 0 Å². The van der Waals surface area contributed by atoms with Crippen molar-refractivity contribution >= 4 is 23.0 Å². The van der Waals surface area contributed by atoms with Crippen molar-refractivity contribution in [2.24, 2.45) is 0 Å². The zero-order chi connectivity index (χ0) is 15.6. The van der Waals surface area contributed by atoms with Crippen LogP contribution in [0.2, 0.25) is 0 Å². The summed E-state index contributed by atoms with van der Waals surface area (Å²) in [5.74, 6) is -0.543. The predicted molar refractivity (Wildman–Crippen MR) is 74.7 cm³/mol. The molecule has 1 atom stereocenters. The molecule has 2 aromatic rings. The third-order valence-corrected chi connectivity index (χ3v) is 3.91. The molecule has 21 heavy (non-hydrogen) atoms. The fraction of sp³-hybridized carbons (Fsp3) is 0.333. The van der Waals surface area contributed by atoms with Crippen molar-refractivity contribution in [3.63, 3.8) is 0 Å². The van der Waals surface area contributed by atoms with E-state index in [9.17, 15) is 20.0 Å². The van der Waals surface area contributed by atoms with Crippen LogP contribution in [0.1, 0.15) is 35.2 Å². The Morgan fingerprint density at radius 2 is 2.38 bits per heavy atom. The number of hydrogen-bond donors (Lipinski definition) is 1. The van der Waals surface area contributed by atoms with Crippen LogP contribution in [0.5, 0.6) is 0 Å². The Bertz CT molecular complexity index is 676. The highest BCUT2D eigenvalue weighted by atomic mass is 32.1. The van der Waals surface area contributed by atoms with E-state index in [4.69, 9.17) is 4.74 Å². The largest absolute Gasteiger partial charge is 0.462 e. The van der Waals surface area contributed by atoms with Crippen molar-refractivity contribution in [3.05, 3.63) is 39.0 Å². The van der Waals surface area contributed by atoms with Gasteiger partial charge in [-0.25, -0.2) is 9.48 Å². The van der Waals surface area contributed by atoms with Gasteiger partial charge in [0.15, 0.2) is 5.00 Å². The first kappa shape index (κ1) is 15.1. The van der Waals surface area contributed by atoms with Crippen molar-refractivity contribution in [1.29, 1.82) is 0 Å². The van der Waals surface area contributed by atoms with Crippen molar-refractivity contribution < 1.29 is 19.6 Å². The Labute approximate surface area is 123 Å². The Morgan fingerprint density at radius 1 is 1.67 bits per heavy atom. The molecule has 0 saturated carbocycles. The molecule has 0 spiro atoms. The van der Waals surface area contributed by atoms with Crippen molar-refractivity contribution in [2.45, 2.75) is 20.0 Å². The Kier molecular flexibility index (Phi) is 4.34. The summed E-state index contributed by atoms with van der Waals surface area (Å²) in [6, 6.07) is 1.30. The lowest BCUT2D eigenvalue weighted by Crippen LogP contribution is -2.03. The van der Waals surface area contributed by atoms with Crippen molar-refractivity contribution in [3.8, 4) is 5.00 Å². The number of rotatable bonds is 5. The lowest BCUT2D eigenvalue weighted by atomic mass is 10.3. The molecule has 0 amide bonds. The molecule has 1 N–H and O–H groups in total. The number of thiophene rings is 1. The number of ether oxygens (including phenoxy) is 1. The highest BCUT2D eigenvalue weighted by molar-refractivity contribution is 7.15. The summed E-state index contributed by atoms with van der Waals surface area (Å²) < 4.78 is 6.07. The van der Waals surface area contributed by atoms with E-state index in [-0.39, 0.29) is 22.9 Å². The van der Waals surface area contributed by atoms with Gasteiger partial charge in [0.1, 0.15) is 0 Å². The van der Waals surface area contributed by atoms with Crippen molar-refractivity contribution in [2.75, 3.05) is 6.61 Å². The van der Waals surface area contributed by atoms with Gasteiger partial charge in [0.05, 0.1) is 29.4 Å². The Morgan fingerprint density at radius 3 is 2.95 bits per heavy atom. The number of hydrogen-bond acceptors (Lipinski definition) is 7. The maximum atomic E-state index is 11.6. The molecule has 0 bridgehead atoms. The Balaban J connectivity index is 2.42. The number of aromatic nitrogens is 2. The van der Waals surface area contributed by atoms with Gasteiger partial charge in [-0.2, -0.15) is 5.10 Å². The molecule has 0 saturated heterocycles. The van der Waals surface area contributed by atoms with Crippen LogP contribution in [0, 0.1) is 10.1 Å². The second-order valence-corrected chi connectivity index (χ2v) is 5.23. The summed E-state index contributed by atoms with van der Waals surface area (Å²) in [7, 11) is 0. The monoisotopic (exact) mass is 311 g/mol. The van der Waals surface area contributed by atoms with Gasteiger partial charge in [0.2, 0.25) is 0 Å². The number of nitro groups is 1. The summed E-state index contributed by atoms with van der Waals surface area (Å²) in [6.45, 7) is 3.43. The summed E-state index contributed by atoms with van der Waals surface area (Å²) >= 11 is 1.04. The van der Waals surface area contributed by atoms with E-state index in [2.05, 4.69) is 5.10 Å². The van der Waals surface area contributed by atoms with Gasteiger partial charge >= 0.3 is 11.7 Å². The van der Waals surface area contributed by atoms with Crippen LogP contribution < -0.4 is 0 Å². The predicted octanol–water partition coefficient (Wildman–Crippen LogP) is 2.07. The van der Waals surface area contributed by atoms with E-state index in [0.29, 0.717) is 4.88 Å². The number of aliphatic hydroxyl groups excluding tert-OH is 1. The van der Waals surface area contributed by atoms with Gasteiger partial charge in [-0.3, -0.25) is 10.1 Å². The number of aliphatic hydroxyl groups is 1. The van der Waals surface area contributed by atoms with E-state index in [1.807, 2.05) is 0 Å². The molecular formula is C12H13N3O5S. The first-order valence-electron chi connectivity index (χ1n) is 6.12. The summed E-state index contributed by atoms with van der Waals surface area (Å²) in [4.78, 5) is 22.5. The number of carbonyl (C=O) groups excluding carboxylic acids is 1. The quantitative estimate of drug-likeness (QED) is 0.514. The zero-order valence-corrected chi connectivity index (χ0v) is 12.2. The normalized spacial score (nSPS) is 12.1. The number of esters is 1. The van der Waals surface area contributed by atoms with Crippen LogP contribution in [-0.2, 0) is 4.74 Å². The number of nitrogens with zero attached hydrogens (tertiary/aromatic N) is 3. The van der Waals surface area contributed by atoms with E-state index < -0.39 is 17.0 Å². The molecule has 0 aromatic carbocycles. The molecule has 0 aliphatic rings. The third-order valence-electron chi connectivity index (χ3n) is 2.62. The minimum absolute atomic E-state index is 0.172. The topological polar surface area (TPSA) is 107 Å². The molecule has 1 unspecified atom stereocenters. The first-order chi connectivity index (χ1) is 9.93. The molecule has 0 radical (unpaired) electrons. The summed E-state index contributed by atoms with van der Waals surface area (Å²) in [6.07, 6.45) is 1.83. The maximum absolute atomic E-state index is 11.6. The van der Waals surface area contributed by atoms with Crippen LogP contribution in [-0.4, -0.2) is 32.4 Å². The highest BCUT2D eigenvalue weighted by Gasteiger charge is 2.23. The fourth-order valence-corrected chi connectivity index (χ4v) is 2.64. The third kappa shape index (κ3) is 3.09. The summed E-state index contributed by atoms with van der Waals surface area (Å²) in [5.41, 5.74) is 0.0348. The SMILES string of the molecule is CCOC(=O)c1cnn(-c2sc(C(C)O)cc2[N+](=O)[O-])c1. The minimum Gasteiger partial charge on any atom is -0.462 e. The van der Waals surface area contributed by atoms with Gasteiger partial charge in [-0.15, -0.1) is 11.3 Å². The minimum atomic E-state index is -0.817. The number of carbonyl (C=O) groups is 1. The van der Waals surface area contributed by atoms with Gasteiger partial charge in [0.25, 0.3) is 0 Å². The maximum Gasteiger partial charge on any atom is 0.341 e. The van der Waals surface area contributed by atoms with Gasteiger partial charge in [-0.05, 0) is 13.8 Å². The molecule has 0 fully saturated rings. The zero-order valence-electron chi connectivity index (χ0n) is 11.3. The lowest BCUT2D eigenvalue weighted by Gasteiger charge is -1.98. The fourth-order valence-electron chi connectivity index (χ4n) is 1.64. The van der Waals surface area contributed by atoms with Crippen LogP contribution in [0.25, 0.3) is 5.00 Å². The molecule has 0 aliphatic heterocycles. The van der Waals surface area contributed by atoms with E-state index in [0.717, 1.165) is 11.3 Å². The molecule has 2 rings (SSSR count). The molecule has 2 heterocycles. The lowest BCUT2D eigenvalue weighted by molar-refractivity contribution is -0.384. The standard InChI is InChI=1S/C12H13N3O5S/c1-3-20-12(17)8-5-13-14(6-8)11-9(15(18)19)4-10(21-11)7(2)16/h4-7,16H,3H2,1-2H3. The van der Waals surface area contributed by atoms with Gasteiger partial charge in [0, 0.05) is 17.1 Å². The summed E-state index contributed by atoms with van der Waals surface area (Å²) in [5, 5.41) is 24.8. The molecule has 8 nitrogen and oxygen atoms in total.